The molecule has 0 spiro atoms. The molecule has 0 bridgehead atoms. The van der Waals surface area contributed by atoms with Gasteiger partial charge in [-0.25, -0.2) is 4.98 Å². The number of rotatable bonds is 5. The predicted octanol–water partition coefficient (Wildman–Crippen LogP) is 5.56. The van der Waals surface area contributed by atoms with E-state index in [2.05, 4.69) is 16.4 Å². The van der Waals surface area contributed by atoms with E-state index in [-0.39, 0.29) is 5.91 Å². The summed E-state index contributed by atoms with van der Waals surface area (Å²) < 4.78 is 6.28. The summed E-state index contributed by atoms with van der Waals surface area (Å²) in [6.07, 6.45) is 0. The molecule has 0 fully saturated rings. The van der Waals surface area contributed by atoms with Crippen LogP contribution in [0.1, 0.15) is 15.9 Å². The molecule has 6 heteroatoms. The zero-order chi connectivity index (χ0) is 19.5. The van der Waals surface area contributed by atoms with Crippen LogP contribution in [0, 0.1) is 0 Å². The lowest BCUT2D eigenvalue weighted by Crippen LogP contribution is -2.22. The number of methoxy groups -OCH3 is 1. The molecule has 3 aromatic carbocycles. The highest BCUT2D eigenvalue weighted by atomic mass is 35.5. The monoisotopic (exact) mass is 408 g/mol. The molecule has 140 valence electrons. The van der Waals surface area contributed by atoms with Crippen LogP contribution in [0.2, 0.25) is 5.02 Å². The van der Waals surface area contributed by atoms with Crippen LogP contribution in [-0.4, -0.2) is 18.0 Å². The third-order valence-corrected chi connectivity index (χ3v) is 5.74. The van der Waals surface area contributed by atoms with E-state index in [0.717, 1.165) is 21.7 Å². The number of thiazole rings is 1. The van der Waals surface area contributed by atoms with Crippen molar-refractivity contribution in [1.82, 2.24) is 10.3 Å². The van der Waals surface area contributed by atoms with Crippen LogP contribution in [0.5, 0.6) is 5.75 Å². The minimum atomic E-state index is -0.181. The summed E-state index contributed by atoms with van der Waals surface area (Å²) in [6.45, 7) is 0.433. The van der Waals surface area contributed by atoms with E-state index in [0.29, 0.717) is 22.9 Å². The fourth-order valence-corrected chi connectivity index (χ4v) is 4.08. The zero-order valence-electron chi connectivity index (χ0n) is 15.1. The molecule has 4 nitrogen and oxygen atoms in total. The van der Waals surface area contributed by atoms with Gasteiger partial charge in [0.05, 0.1) is 22.3 Å². The Labute approximate surface area is 171 Å². The van der Waals surface area contributed by atoms with Crippen molar-refractivity contribution in [3.05, 3.63) is 82.9 Å². The Hall–Kier alpha value is -2.89. The third-order valence-electron chi connectivity index (χ3n) is 4.36. The number of carbonyl (C=O) groups is 1. The Morgan fingerprint density at radius 2 is 1.89 bits per heavy atom. The average Bonchev–Trinajstić information content (AvgIpc) is 3.16. The molecule has 28 heavy (non-hydrogen) atoms. The number of ether oxygens (including phenoxy) is 1. The summed E-state index contributed by atoms with van der Waals surface area (Å²) in [7, 11) is 1.54. The van der Waals surface area contributed by atoms with Crippen LogP contribution in [0.15, 0.2) is 66.7 Å². The van der Waals surface area contributed by atoms with Gasteiger partial charge >= 0.3 is 0 Å². The number of hydrogen-bond acceptors (Lipinski definition) is 4. The van der Waals surface area contributed by atoms with Gasteiger partial charge in [0.1, 0.15) is 10.8 Å². The van der Waals surface area contributed by atoms with Crippen LogP contribution in [0.25, 0.3) is 20.8 Å². The van der Waals surface area contributed by atoms with E-state index in [1.807, 2.05) is 42.5 Å². The van der Waals surface area contributed by atoms with Gasteiger partial charge in [0.25, 0.3) is 5.91 Å². The molecule has 4 aromatic rings. The normalized spacial score (nSPS) is 10.8. The number of para-hydroxylation sites is 1. The molecular weight excluding hydrogens is 392 g/mol. The molecule has 1 amide bonds. The van der Waals surface area contributed by atoms with Crippen molar-refractivity contribution < 1.29 is 9.53 Å². The second-order valence-corrected chi connectivity index (χ2v) is 7.65. The molecule has 1 heterocycles. The summed E-state index contributed by atoms with van der Waals surface area (Å²) in [5.41, 5.74) is 3.59. The molecule has 0 aliphatic carbocycles. The molecule has 0 atom stereocenters. The van der Waals surface area contributed by atoms with Crippen LogP contribution in [-0.2, 0) is 6.54 Å². The van der Waals surface area contributed by atoms with E-state index < -0.39 is 0 Å². The molecule has 1 N–H and O–H groups in total. The highest BCUT2D eigenvalue weighted by molar-refractivity contribution is 7.21. The van der Waals surface area contributed by atoms with Crippen molar-refractivity contribution >= 4 is 39.1 Å². The Morgan fingerprint density at radius 3 is 2.61 bits per heavy atom. The van der Waals surface area contributed by atoms with Gasteiger partial charge in [0.15, 0.2) is 0 Å². The molecule has 0 saturated carbocycles. The summed E-state index contributed by atoms with van der Waals surface area (Å²) in [5, 5.41) is 4.31. The first kappa shape index (κ1) is 18.5. The number of amides is 1. The van der Waals surface area contributed by atoms with Gasteiger partial charge in [0.2, 0.25) is 0 Å². The van der Waals surface area contributed by atoms with Gasteiger partial charge < -0.3 is 10.1 Å². The van der Waals surface area contributed by atoms with Crippen molar-refractivity contribution in [2.24, 2.45) is 0 Å². The van der Waals surface area contributed by atoms with Crippen LogP contribution in [0.4, 0.5) is 0 Å². The topological polar surface area (TPSA) is 51.2 Å². The second-order valence-electron chi connectivity index (χ2n) is 6.22. The molecule has 0 aliphatic heterocycles. The highest BCUT2D eigenvalue weighted by Crippen LogP contribution is 2.30. The van der Waals surface area contributed by atoms with Gasteiger partial charge in [0, 0.05) is 17.7 Å². The molecule has 0 radical (unpaired) electrons. The molecule has 0 unspecified atom stereocenters. The van der Waals surface area contributed by atoms with Crippen molar-refractivity contribution in [1.29, 1.82) is 0 Å². The maximum Gasteiger partial charge on any atom is 0.251 e. The minimum Gasteiger partial charge on any atom is -0.495 e. The lowest BCUT2D eigenvalue weighted by atomic mass is 10.1. The number of fused-ring (bicyclic) bond motifs is 1. The lowest BCUT2D eigenvalue weighted by Gasteiger charge is -2.08. The highest BCUT2D eigenvalue weighted by Gasteiger charge is 2.10. The molecule has 0 saturated heterocycles. The van der Waals surface area contributed by atoms with E-state index in [9.17, 15) is 4.79 Å². The van der Waals surface area contributed by atoms with Crippen molar-refractivity contribution in [3.63, 3.8) is 0 Å². The van der Waals surface area contributed by atoms with Crippen LogP contribution in [0.3, 0.4) is 0 Å². The van der Waals surface area contributed by atoms with Gasteiger partial charge in [-0.05, 0) is 35.9 Å². The van der Waals surface area contributed by atoms with Gasteiger partial charge in [-0.3, -0.25) is 4.79 Å². The van der Waals surface area contributed by atoms with Gasteiger partial charge in [-0.15, -0.1) is 11.3 Å². The number of hydrogen-bond donors (Lipinski definition) is 1. The molecule has 0 aliphatic rings. The number of carbonyl (C=O) groups excluding carboxylic acids is 1. The Balaban J connectivity index is 1.43. The van der Waals surface area contributed by atoms with E-state index in [1.54, 1.807) is 36.6 Å². The average molecular weight is 409 g/mol. The first-order valence-corrected chi connectivity index (χ1v) is 9.90. The van der Waals surface area contributed by atoms with Crippen LogP contribution < -0.4 is 10.1 Å². The number of nitrogens with zero attached hydrogens (tertiary/aromatic N) is 1. The maximum atomic E-state index is 12.3. The quantitative estimate of drug-likeness (QED) is 0.470. The summed E-state index contributed by atoms with van der Waals surface area (Å²) in [4.78, 5) is 17.0. The zero-order valence-corrected chi connectivity index (χ0v) is 16.7. The first-order valence-electron chi connectivity index (χ1n) is 8.70. The fraction of sp³-hybridized carbons (Fsp3) is 0.0909. The van der Waals surface area contributed by atoms with Gasteiger partial charge in [-0.1, -0.05) is 48.0 Å². The molecular formula is C22H17ClN2O2S. The van der Waals surface area contributed by atoms with E-state index in [4.69, 9.17) is 16.3 Å². The SMILES string of the molecule is COc1ccc(C(=O)NCc2ccc(-c3nc4ccccc4s3)cc2)cc1Cl. The first-order chi connectivity index (χ1) is 13.6. The molecule has 4 rings (SSSR count). The molecule has 1 aromatic heterocycles. The smallest absolute Gasteiger partial charge is 0.251 e. The fourth-order valence-electron chi connectivity index (χ4n) is 2.85. The number of nitrogens with one attached hydrogen (secondary N) is 1. The van der Waals surface area contributed by atoms with Gasteiger partial charge in [-0.2, -0.15) is 0 Å². The Kier molecular flexibility index (Phi) is 5.28. The number of benzene rings is 3. The summed E-state index contributed by atoms with van der Waals surface area (Å²) in [5.74, 6) is 0.364. The van der Waals surface area contributed by atoms with E-state index >= 15 is 0 Å². The number of aromatic nitrogens is 1. The van der Waals surface area contributed by atoms with E-state index in [1.165, 1.54) is 4.70 Å². The predicted molar refractivity (Wildman–Crippen MR) is 114 cm³/mol. The third kappa shape index (κ3) is 3.86. The second kappa shape index (κ2) is 8.00. The van der Waals surface area contributed by atoms with Crippen molar-refractivity contribution in [2.75, 3.05) is 7.11 Å². The standard InChI is InChI=1S/C22H17ClN2O2S/c1-27-19-11-10-16(12-17(19)23)21(26)24-13-14-6-8-15(9-7-14)22-25-18-4-2-3-5-20(18)28-22/h2-12H,13H2,1H3,(H,24,26). The Morgan fingerprint density at radius 1 is 1.11 bits per heavy atom. The number of halogens is 1. The summed E-state index contributed by atoms with van der Waals surface area (Å²) >= 11 is 7.76. The van der Waals surface area contributed by atoms with Crippen LogP contribution >= 0.6 is 22.9 Å². The van der Waals surface area contributed by atoms with Crippen molar-refractivity contribution in [2.45, 2.75) is 6.54 Å². The summed E-state index contributed by atoms with van der Waals surface area (Å²) in [6, 6.07) is 21.2. The Bertz CT molecular complexity index is 1110. The van der Waals surface area contributed by atoms with Crippen molar-refractivity contribution in [3.8, 4) is 16.3 Å². The minimum absolute atomic E-state index is 0.181. The largest absolute Gasteiger partial charge is 0.495 e. The lowest BCUT2D eigenvalue weighted by molar-refractivity contribution is 0.0951. The maximum absolute atomic E-state index is 12.3.